The third-order valence-electron chi connectivity index (χ3n) is 1.98. The van der Waals surface area contributed by atoms with E-state index in [2.05, 4.69) is 0 Å². The van der Waals surface area contributed by atoms with Gasteiger partial charge in [0, 0.05) is 0 Å². The fraction of sp³-hybridized carbons (Fsp3) is 0.333. The van der Waals surface area contributed by atoms with Crippen molar-refractivity contribution in [3.8, 4) is 0 Å². The molecule has 1 rings (SSSR count). The average molecular weight is 359 g/mol. The summed E-state index contributed by atoms with van der Waals surface area (Å²) in [5.41, 5.74) is 1.11. The van der Waals surface area contributed by atoms with E-state index in [-0.39, 0.29) is 0 Å². The van der Waals surface area contributed by atoms with E-state index in [9.17, 15) is 7.25 Å². The van der Waals surface area contributed by atoms with E-state index in [1.165, 1.54) is 4.08 Å². The van der Waals surface area contributed by atoms with E-state index < -0.39 is 27.1 Å². The van der Waals surface area contributed by atoms with Gasteiger partial charge in [-0.1, -0.05) is 0 Å². The Hall–Kier alpha value is -0.160. The molecule has 0 saturated heterocycles. The number of alkyl halides is 1. The predicted octanol–water partition coefficient (Wildman–Crippen LogP) is 5.39. The third kappa shape index (κ3) is 4.78. The molecule has 0 nitrogen and oxygen atoms in total. The van der Waals surface area contributed by atoms with Crippen LogP contribution in [0.3, 0.4) is 0 Å². The van der Waals surface area contributed by atoms with Crippen LogP contribution in [0, 0.1) is 10.5 Å². The maximum atomic E-state index is 13.8. The summed E-state index contributed by atoms with van der Waals surface area (Å²) in [7, 11) is 0. The summed E-state index contributed by atoms with van der Waals surface area (Å²) in [6, 6.07) is 7.39. The van der Waals surface area contributed by atoms with Gasteiger partial charge >= 0.3 is 108 Å². The summed E-state index contributed by atoms with van der Waals surface area (Å²) in [5.74, 6) is 0. The second kappa shape index (κ2) is 7.22. The van der Waals surface area contributed by atoms with Gasteiger partial charge in [-0.15, -0.1) is 0 Å². The fourth-order valence-electron chi connectivity index (χ4n) is 1.11. The van der Waals surface area contributed by atoms with Crippen molar-refractivity contribution < 1.29 is 7.25 Å². The van der Waals surface area contributed by atoms with Crippen molar-refractivity contribution in [2.75, 3.05) is 6.67 Å². The number of hydrogen-bond acceptors (Lipinski definition) is 0. The van der Waals surface area contributed by atoms with E-state index in [1.807, 2.05) is 19.1 Å². The fourth-order valence-corrected chi connectivity index (χ4v) is 4.04. The zero-order valence-corrected chi connectivity index (χ0v) is 11.9. The Balaban J connectivity index is 2.63. The summed E-state index contributed by atoms with van der Waals surface area (Å²) in [6.07, 6.45) is 0.801. The molecule has 0 aliphatic heterocycles. The van der Waals surface area contributed by atoms with E-state index in [4.69, 9.17) is 11.6 Å². The molecule has 0 aliphatic rings. The number of aryl methyl sites for hydroxylation is 1. The monoisotopic (exact) mass is 358 g/mol. The van der Waals surface area contributed by atoms with Crippen LogP contribution in [0.15, 0.2) is 33.4 Å². The van der Waals surface area contributed by atoms with Crippen molar-refractivity contribution in [1.29, 1.82) is 0 Å². The zero-order valence-electron chi connectivity index (χ0n) is 9.02. The van der Waals surface area contributed by atoms with Crippen LogP contribution in [0.25, 0.3) is 0 Å². The van der Waals surface area contributed by atoms with Crippen molar-refractivity contribution in [2.45, 2.75) is 19.8 Å². The van der Waals surface area contributed by atoms with Crippen LogP contribution in [0.5, 0.6) is 0 Å². The summed E-state index contributed by atoms with van der Waals surface area (Å²) < 4.78 is 28.0. The molecule has 0 aliphatic carbocycles. The molecule has 0 amide bonds. The quantitative estimate of drug-likeness (QED) is 0.619. The Labute approximate surface area is 108 Å². The molecule has 0 unspecified atom stereocenters. The number of allylic oxidation sites excluding steroid dienone is 1. The minimum absolute atomic E-state index is 0.368. The van der Waals surface area contributed by atoms with Gasteiger partial charge in [0.1, 0.15) is 0 Å². The predicted molar refractivity (Wildman–Crippen MR) is 74.1 cm³/mol. The minimum atomic E-state index is -2.78. The second-order valence-electron chi connectivity index (χ2n) is 3.41. The number of hydrogen-bond donors (Lipinski definition) is 0. The van der Waals surface area contributed by atoms with E-state index in [0.717, 1.165) is 9.13 Å². The maximum absolute atomic E-state index is 13.8. The van der Waals surface area contributed by atoms with Crippen molar-refractivity contribution in [3.63, 3.8) is 0 Å². The summed E-state index contributed by atoms with van der Waals surface area (Å²) in [4.78, 5) is 0. The Kier molecular flexibility index (Phi) is 6.28. The number of halogens is 4. The van der Waals surface area contributed by atoms with Crippen LogP contribution in [-0.2, 0) is 0 Å². The first-order valence-corrected chi connectivity index (χ1v) is 8.49. The average Bonchev–Trinajstić information content (AvgIpc) is 2.27. The van der Waals surface area contributed by atoms with Gasteiger partial charge < -0.3 is 0 Å². The van der Waals surface area contributed by atoms with Crippen LogP contribution in [0.2, 0.25) is 0 Å². The van der Waals surface area contributed by atoms with Gasteiger partial charge in [0.2, 0.25) is 0 Å². The first-order valence-electron chi connectivity index (χ1n) is 4.97. The molecule has 0 atom stereocenters. The Morgan fingerprint density at radius 1 is 1.38 bits per heavy atom. The van der Waals surface area contributed by atoms with Gasteiger partial charge in [0.25, 0.3) is 0 Å². The van der Waals surface area contributed by atoms with Gasteiger partial charge in [-0.05, 0) is 0 Å². The van der Waals surface area contributed by atoms with Gasteiger partial charge in [0.05, 0.1) is 0 Å². The van der Waals surface area contributed by atoms with Crippen molar-refractivity contribution in [3.05, 3.63) is 42.5 Å². The first-order chi connectivity index (χ1) is 7.63. The normalized spacial score (nSPS) is 12.8. The number of benzene rings is 1. The standard InChI is InChI=1S/C12H14ClF2I/c1-10-4-6-12(7-5-10)16(15)9-11(13)3-2-8-14/h4-7,9H,2-3,8H2,1H3/b11-9+. The Morgan fingerprint density at radius 3 is 2.56 bits per heavy atom. The molecular weight excluding hydrogens is 344 g/mol. The molecule has 0 bridgehead atoms. The molecule has 1 aromatic carbocycles. The van der Waals surface area contributed by atoms with Crippen molar-refractivity contribution >= 4 is 32.0 Å². The summed E-state index contributed by atoms with van der Waals surface area (Å²) >= 11 is 3.05. The van der Waals surface area contributed by atoms with Crippen molar-refractivity contribution in [2.24, 2.45) is 0 Å². The molecule has 0 spiro atoms. The van der Waals surface area contributed by atoms with Gasteiger partial charge in [-0.2, -0.15) is 0 Å². The van der Waals surface area contributed by atoms with Crippen LogP contribution < -0.4 is 0 Å². The molecule has 90 valence electrons. The van der Waals surface area contributed by atoms with Gasteiger partial charge in [-0.25, -0.2) is 0 Å². The van der Waals surface area contributed by atoms with E-state index in [1.54, 1.807) is 12.1 Å². The molecule has 0 heterocycles. The second-order valence-corrected chi connectivity index (χ2v) is 7.26. The molecule has 0 aromatic heterocycles. The molecule has 0 saturated carbocycles. The van der Waals surface area contributed by atoms with Crippen LogP contribution >= 0.6 is 32.0 Å². The SMILES string of the molecule is Cc1ccc(I(F)/C=C(/Cl)CCCF)cc1. The summed E-state index contributed by atoms with van der Waals surface area (Å²) in [6.45, 7) is 1.56. The third-order valence-corrected chi connectivity index (χ3v) is 5.86. The zero-order chi connectivity index (χ0) is 12.0. The van der Waals surface area contributed by atoms with Crippen LogP contribution in [0.4, 0.5) is 7.25 Å². The summed E-state index contributed by atoms with van der Waals surface area (Å²) in [5, 5.41) is 0.450. The first kappa shape index (κ1) is 13.9. The molecule has 16 heavy (non-hydrogen) atoms. The number of rotatable bonds is 5. The molecule has 0 N–H and O–H groups in total. The van der Waals surface area contributed by atoms with Crippen LogP contribution in [-0.4, -0.2) is 6.67 Å². The topological polar surface area (TPSA) is 0 Å². The Bertz CT molecular complexity index is 349. The van der Waals surface area contributed by atoms with Crippen LogP contribution in [0.1, 0.15) is 18.4 Å². The van der Waals surface area contributed by atoms with Gasteiger partial charge in [0.15, 0.2) is 0 Å². The molecule has 4 heteroatoms. The molecule has 1 aromatic rings. The molecule has 0 radical (unpaired) electrons. The Morgan fingerprint density at radius 2 is 2.00 bits per heavy atom. The van der Waals surface area contributed by atoms with E-state index in [0.29, 0.717) is 17.9 Å². The molecular formula is C12H14ClF2I. The molecule has 0 fully saturated rings. The van der Waals surface area contributed by atoms with Gasteiger partial charge in [-0.3, -0.25) is 0 Å². The van der Waals surface area contributed by atoms with E-state index >= 15 is 0 Å². The van der Waals surface area contributed by atoms with Crippen molar-refractivity contribution in [1.82, 2.24) is 0 Å².